The molecule has 1 heteroatoms. The minimum atomic E-state index is -0.586. The summed E-state index contributed by atoms with van der Waals surface area (Å²) >= 11 is -0.586. The van der Waals surface area contributed by atoms with Crippen LogP contribution in [0, 0.1) is 0 Å². The standard InChI is InChI=1S/C5H10Ge/c1-3-6-4-5(6)2/h4,6H,3H2,1-2H3. The molecule has 0 N–H and O–H groups in total. The molecule has 0 saturated heterocycles. The number of allylic oxidation sites excluding steroid dienone is 1. The van der Waals surface area contributed by atoms with Crippen molar-refractivity contribution in [3.63, 3.8) is 0 Å². The van der Waals surface area contributed by atoms with Crippen LogP contribution in [0.3, 0.4) is 0 Å². The molecule has 1 unspecified atom stereocenters. The second-order valence-corrected chi connectivity index (χ2v) is 8.79. The van der Waals surface area contributed by atoms with E-state index in [-0.39, 0.29) is 0 Å². The van der Waals surface area contributed by atoms with Crippen LogP contribution in [0.25, 0.3) is 0 Å². The van der Waals surface area contributed by atoms with E-state index in [0.717, 1.165) is 0 Å². The van der Waals surface area contributed by atoms with Gasteiger partial charge in [-0.2, -0.15) is 0 Å². The summed E-state index contributed by atoms with van der Waals surface area (Å²) in [6.45, 7) is 4.58. The van der Waals surface area contributed by atoms with E-state index in [0.29, 0.717) is 0 Å². The molecule has 1 aliphatic heterocycles. The summed E-state index contributed by atoms with van der Waals surface area (Å²) in [5.74, 6) is 0. The predicted octanol–water partition coefficient (Wildman–Crippen LogP) is 1.27. The Morgan fingerprint density at radius 2 is 2.33 bits per heavy atom. The normalized spacial score (nSPS) is 29.7. The van der Waals surface area contributed by atoms with Gasteiger partial charge < -0.3 is 0 Å². The van der Waals surface area contributed by atoms with Crippen LogP contribution in [-0.2, 0) is 0 Å². The van der Waals surface area contributed by atoms with Crippen LogP contribution in [-0.4, -0.2) is 14.3 Å². The summed E-state index contributed by atoms with van der Waals surface area (Å²) in [5.41, 5.74) is 0. The van der Waals surface area contributed by atoms with E-state index >= 15 is 0 Å². The van der Waals surface area contributed by atoms with Gasteiger partial charge in [0.2, 0.25) is 0 Å². The van der Waals surface area contributed by atoms with Gasteiger partial charge in [0.1, 0.15) is 0 Å². The quantitative estimate of drug-likeness (QED) is 0.484. The van der Waals surface area contributed by atoms with E-state index in [4.69, 9.17) is 0 Å². The second kappa shape index (κ2) is 1.41. The molecule has 0 bridgehead atoms. The number of hydrogen-bond acceptors (Lipinski definition) is 0. The Bertz CT molecular complexity index is 83.9. The zero-order valence-electron chi connectivity index (χ0n) is 4.36. The van der Waals surface area contributed by atoms with Crippen LogP contribution in [0.5, 0.6) is 0 Å². The van der Waals surface area contributed by atoms with Crippen LogP contribution < -0.4 is 0 Å². The Morgan fingerprint density at radius 3 is 2.33 bits per heavy atom. The van der Waals surface area contributed by atoms with Crippen LogP contribution in [0.2, 0.25) is 5.25 Å². The van der Waals surface area contributed by atoms with Crippen molar-refractivity contribution < 1.29 is 0 Å². The summed E-state index contributed by atoms with van der Waals surface area (Å²) < 4.78 is 1.77. The molecule has 1 aliphatic rings. The average molecular weight is 143 g/mol. The molecule has 0 amide bonds. The van der Waals surface area contributed by atoms with Gasteiger partial charge in [-0.1, -0.05) is 0 Å². The third-order valence-electron chi connectivity index (χ3n) is 1.38. The zero-order chi connectivity index (χ0) is 4.57. The Balaban J connectivity index is 2.18. The third-order valence-corrected chi connectivity index (χ3v) is 7.17. The van der Waals surface area contributed by atoms with Crippen LogP contribution >= 0.6 is 0 Å². The molecular weight excluding hydrogens is 133 g/mol. The summed E-state index contributed by atoms with van der Waals surface area (Å²) in [5, 5.41) is 1.50. The van der Waals surface area contributed by atoms with Gasteiger partial charge in [0, 0.05) is 0 Å². The van der Waals surface area contributed by atoms with Crippen molar-refractivity contribution in [3.05, 3.63) is 9.31 Å². The van der Waals surface area contributed by atoms with Crippen molar-refractivity contribution in [2.45, 2.75) is 19.1 Å². The molecule has 0 aromatic rings. The maximum atomic E-state index is 2.49. The van der Waals surface area contributed by atoms with Gasteiger partial charge in [-0.05, 0) is 0 Å². The van der Waals surface area contributed by atoms with Gasteiger partial charge in [0.25, 0.3) is 0 Å². The Kier molecular flexibility index (Phi) is 1.05. The predicted molar refractivity (Wildman–Crippen MR) is 31.4 cm³/mol. The van der Waals surface area contributed by atoms with Gasteiger partial charge in [-0.15, -0.1) is 0 Å². The van der Waals surface area contributed by atoms with Crippen molar-refractivity contribution in [2.75, 3.05) is 0 Å². The monoisotopic (exact) mass is 144 g/mol. The molecule has 0 fully saturated rings. The van der Waals surface area contributed by atoms with Crippen molar-refractivity contribution in [3.8, 4) is 0 Å². The first-order valence-electron chi connectivity index (χ1n) is 2.53. The summed E-state index contributed by atoms with van der Waals surface area (Å²) in [6.07, 6.45) is 0. The first-order valence-corrected chi connectivity index (χ1v) is 6.85. The molecule has 0 spiro atoms. The van der Waals surface area contributed by atoms with Gasteiger partial charge in [-0.25, -0.2) is 0 Å². The van der Waals surface area contributed by atoms with Gasteiger partial charge in [-0.3, -0.25) is 0 Å². The summed E-state index contributed by atoms with van der Waals surface area (Å²) in [7, 11) is 0. The molecule has 0 aromatic heterocycles. The molecule has 0 aliphatic carbocycles. The van der Waals surface area contributed by atoms with Crippen molar-refractivity contribution in [1.82, 2.24) is 0 Å². The fourth-order valence-corrected chi connectivity index (χ4v) is 5.17. The Hall–Kier alpha value is 0.283. The van der Waals surface area contributed by atoms with Crippen molar-refractivity contribution in [1.29, 1.82) is 0 Å². The Labute approximate surface area is 43.4 Å². The minimum absolute atomic E-state index is 0.586. The van der Waals surface area contributed by atoms with Crippen LogP contribution in [0.15, 0.2) is 9.31 Å². The molecule has 1 heterocycles. The van der Waals surface area contributed by atoms with E-state index < -0.39 is 14.3 Å². The van der Waals surface area contributed by atoms with Gasteiger partial charge in [0.05, 0.1) is 0 Å². The second-order valence-electron chi connectivity index (χ2n) is 1.93. The number of hydrogen-bond donors (Lipinski definition) is 0. The van der Waals surface area contributed by atoms with E-state index in [2.05, 4.69) is 18.8 Å². The van der Waals surface area contributed by atoms with E-state index in [1.165, 1.54) is 5.25 Å². The molecule has 0 radical (unpaired) electrons. The molecule has 34 valence electrons. The average Bonchev–Trinajstić information content (AvgIpc) is 2.19. The van der Waals surface area contributed by atoms with Gasteiger partial charge in [0.15, 0.2) is 0 Å². The SMILES string of the molecule is C[CH2][GeH]1[CH]=[C]1C. The molecular formula is C5H10Ge. The van der Waals surface area contributed by atoms with E-state index in [1.807, 2.05) is 0 Å². The first kappa shape index (κ1) is 4.44. The topological polar surface area (TPSA) is 0 Å². The van der Waals surface area contributed by atoms with Gasteiger partial charge >= 0.3 is 42.8 Å². The fraction of sp³-hybridized carbons (Fsp3) is 0.600. The molecule has 1 atom stereocenters. The summed E-state index contributed by atoms with van der Waals surface area (Å²) in [6, 6.07) is 0. The first-order chi connectivity index (χ1) is 2.84. The fourth-order valence-electron chi connectivity index (χ4n) is 0.709. The van der Waals surface area contributed by atoms with Crippen LogP contribution in [0.1, 0.15) is 13.8 Å². The molecule has 1 rings (SSSR count). The maximum absolute atomic E-state index is 2.49. The van der Waals surface area contributed by atoms with Crippen LogP contribution in [0.4, 0.5) is 0 Å². The van der Waals surface area contributed by atoms with Crippen molar-refractivity contribution in [2.24, 2.45) is 0 Å². The molecule has 6 heavy (non-hydrogen) atoms. The van der Waals surface area contributed by atoms with E-state index in [9.17, 15) is 0 Å². The zero-order valence-corrected chi connectivity index (χ0v) is 6.78. The number of rotatable bonds is 1. The molecule has 0 saturated carbocycles. The third kappa shape index (κ3) is 0.673. The summed E-state index contributed by atoms with van der Waals surface area (Å²) in [4.78, 5) is 2.49. The molecule has 0 aromatic carbocycles. The molecule has 0 nitrogen and oxygen atoms in total. The Morgan fingerprint density at radius 1 is 1.83 bits per heavy atom. The van der Waals surface area contributed by atoms with E-state index in [1.54, 1.807) is 4.41 Å². The van der Waals surface area contributed by atoms with Crippen molar-refractivity contribution >= 4 is 14.3 Å².